The molecule has 1 aliphatic heterocycles. The summed E-state index contributed by atoms with van der Waals surface area (Å²) in [6.07, 6.45) is -8.14. The van der Waals surface area contributed by atoms with Crippen molar-refractivity contribution in [1.29, 1.82) is 0 Å². The maximum atomic E-state index is 12.3. The van der Waals surface area contributed by atoms with Crippen molar-refractivity contribution in [3.8, 4) is 0 Å². The van der Waals surface area contributed by atoms with Crippen LogP contribution >= 0.6 is 0 Å². The summed E-state index contributed by atoms with van der Waals surface area (Å²) in [5.74, 6) is -0.107. The fourth-order valence-corrected chi connectivity index (χ4v) is 4.12. The van der Waals surface area contributed by atoms with Gasteiger partial charge in [0.2, 0.25) is 0 Å². The van der Waals surface area contributed by atoms with Gasteiger partial charge in [0.05, 0.1) is 0 Å². The zero-order valence-electron chi connectivity index (χ0n) is 14.9. The molecule has 2 fully saturated rings. The molecule has 1 saturated carbocycles. The number of hydrogen-bond donors (Lipinski definition) is 5. The molecule has 146 valence electrons. The van der Waals surface area contributed by atoms with Crippen LogP contribution in [-0.4, -0.2) is 74.4 Å². The van der Waals surface area contributed by atoms with Gasteiger partial charge in [0.15, 0.2) is 12.4 Å². The summed E-state index contributed by atoms with van der Waals surface area (Å²) < 4.78 is 10.4. The number of rotatable bonds is 4. The monoisotopic (exact) mass is 362 g/mol. The maximum Gasteiger partial charge on any atom is 0.338 e. The molecule has 2 rings (SSSR count). The van der Waals surface area contributed by atoms with Crippen molar-refractivity contribution in [2.75, 3.05) is 0 Å². The molecule has 2 aliphatic rings. The summed E-state index contributed by atoms with van der Waals surface area (Å²) in [7, 11) is 0. The Labute approximate surface area is 147 Å². The minimum Gasteiger partial charge on any atom is -0.460 e. The summed E-state index contributed by atoms with van der Waals surface area (Å²) in [5, 5.41) is 48.8. The molecule has 0 radical (unpaired) electrons. The van der Waals surface area contributed by atoms with Crippen LogP contribution in [0.5, 0.6) is 0 Å². The SMILES string of the molecule is CC(C)C1C(C)CCCC1OC(=O)C(O)[C@H]1O[C@@H](O)[C@H](O)[C@@H](O)[C@@H]1O. The Kier molecular flexibility index (Phi) is 6.80. The standard InChI is InChI=1S/C17H30O8/c1-7(2)10-8(3)5-4-6-9(10)24-17(23)14(21)15-12(19)11(18)13(20)16(22)25-15/h7-16,18-22H,4-6H2,1-3H3/t8?,9?,10?,11-,12-,13+,14?,15-,16+/m0/s1. The Morgan fingerprint density at radius 1 is 1.08 bits per heavy atom. The molecule has 0 spiro atoms. The van der Waals surface area contributed by atoms with Gasteiger partial charge in [-0.3, -0.25) is 0 Å². The number of esters is 1. The van der Waals surface area contributed by atoms with Gasteiger partial charge in [-0.1, -0.05) is 27.2 Å². The molecule has 25 heavy (non-hydrogen) atoms. The van der Waals surface area contributed by atoms with Gasteiger partial charge < -0.3 is 35.0 Å². The molecular formula is C17H30O8. The molecule has 1 heterocycles. The van der Waals surface area contributed by atoms with E-state index in [1.54, 1.807) is 0 Å². The van der Waals surface area contributed by atoms with E-state index in [0.29, 0.717) is 18.3 Å². The van der Waals surface area contributed by atoms with E-state index in [2.05, 4.69) is 20.8 Å². The molecule has 8 nitrogen and oxygen atoms in total. The van der Waals surface area contributed by atoms with Crippen LogP contribution in [0.3, 0.4) is 0 Å². The topological polar surface area (TPSA) is 137 Å². The van der Waals surface area contributed by atoms with Crippen molar-refractivity contribution >= 4 is 5.97 Å². The first-order valence-electron chi connectivity index (χ1n) is 8.91. The fourth-order valence-electron chi connectivity index (χ4n) is 4.12. The van der Waals surface area contributed by atoms with Crippen LogP contribution in [0.2, 0.25) is 0 Å². The van der Waals surface area contributed by atoms with Gasteiger partial charge in [-0.25, -0.2) is 4.79 Å². The first kappa shape index (κ1) is 20.5. The van der Waals surface area contributed by atoms with Gasteiger partial charge in [0.25, 0.3) is 0 Å². The van der Waals surface area contributed by atoms with Crippen LogP contribution in [0.4, 0.5) is 0 Å². The summed E-state index contributed by atoms with van der Waals surface area (Å²) in [6.45, 7) is 6.24. The molecule has 0 amide bonds. The first-order valence-corrected chi connectivity index (χ1v) is 8.91. The van der Waals surface area contributed by atoms with Crippen LogP contribution in [0.25, 0.3) is 0 Å². The average molecular weight is 362 g/mol. The molecule has 0 aromatic carbocycles. The summed E-state index contributed by atoms with van der Waals surface area (Å²) in [4.78, 5) is 12.3. The highest BCUT2D eigenvalue weighted by Gasteiger charge is 2.48. The van der Waals surface area contributed by atoms with E-state index in [9.17, 15) is 30.3 Å². The second kappa shape index (κ2) is 8.28. The largest absolute Gasteiger partial charge is 0.460 e. The molecule has 1 saturated heterocycles. The second-order valence-electron chi connectivity index (χ2n) is 7.61. The molecule has 8 heteroatoms. The van der Waals surface area contributed by atoms with Crippen molar-refractivity contribution in [2.45, 2.75) is 82.9 Å². The summed E-state index contributed by atoms with van der Waals surface area (Å²) >= 11 is 0. The molecule has 1 aliphatic carbocycles. The normalized spacial score (nSPS) is 43.7. The van der Waals surface area contributed by atoms with Gasteiger partial charge in [-0.15, -0.1) is 0 Å². The van der Waals surface area contributed by atoms with E-state index in [4.69, 9.17) is 9.47 Å². The van der Waals surface area contributed by atoms with Crippen molar-refractivity contribution in [2.24, 2.45) is 17.8 Å². The number of aliphatic hydroxyl groups is 5. The second-order valence-corrected chi connectivity index (χ2v) is 7.61. The fraction of sp³-hybridized carbons (Fsp3) is 0.941. The number of hydrogen-bond acceptors (Lipinski definition) is 8. The Bertz CT molecular complexity index is 456. The smallest absolute Gasteiger partial charge is 0.338 e. The maximum absolute atomic E-state index is 12.3. The van der Waals surface area contributed by atoms with Crippen molar-refractivity contribution in [3.05, 3.63) is 0 Å². The quantitative estimate of drug-likeness (QED) is 0.408. The summed E-state index contributed by atoms with van der Waals surface area (Å²) in [5.41, 5.74) is 0. The highest BCUT2D eigenvalue weighted by atomic mass is 16.6. The number of carbonyl (C=O) groups excluding carboxylic acids is 1. The van der Waals surface area contributed by atoms with Gasteiger partial charge in [-0.2, -0.15) is 0 Å². The van der Waals surface area contributed by atoms with E-state index in [0.717, 1.165) is 12.8 Å². The first-order chi connectivity index (χ1) is 11.6. The van der Waals surface area contributed by atoms with Gasteiger partial charge in [-0.05, 0) is 24.7 Å². The van der Waals surface area contributed by atoms with Crippen LogP contribution in [-0.2, 0) is 14.3 Å². The van der Waals surface area contributed by atoms with Gasteiger partial charge in [0.1, 0.15) is 30.5 Å². The lowest BCUT2D eigenvalue weighted by Gasteiger charge is -2.41. The molecule has 4 unspecified atom stereocenters. The van der Waals surface area contributed by atoms with E-state index in [-0.39, 0.29) is 12.0 Å². The Balaban J connectivity index is 2.04. The number of aliphatic hydroxyl groups excluding tert-OH is 5. The third-order valence-corrected chi connectivity index (χ3v) is 5.45. The summed E-state index contributed by atoms with van der Waals surface area (Å²) in [6, 6.07) is 0. The van der Waals surface area contributed by atoms with E-state index < -0.39 is 42.8 Å². The minimum absolute atomic E-state index is 0.167. The Hall–Kier alpha value is -0.770. The van der Waals surface area contributed by atoms with E-state index in [1.165, 1.54) is 0 Å². The third kappa shape index (κ3) is 4.32. The Morgan fingerprint density at radius 3 is 2.32 bits per heavy atom. The Morgan fingerprint density at radius 2 is 1.72 bits per heavy atom. The molecule has 0 aromatic heterocycles. The number of ether oxygens (including phenoxy) is 2. The highest BCUT2D eigenvalue weighted by molar-refractivity contribution is 5.75. The lowest BCUT2D eigenvalue weighted by molar-refractivity contribution is -0.296. The predicted molar refractivity (Wildman–Crippen MR) is 86.1 cm³/mol. The minimum atomic E-state index is -1.88. The zero-order chi connectivity index (χ0) is 18.9. The predicted octanol–water partition coefficient (Wildman–Crippen LogP) is -0.849. The lowest BCUT2D eigenvalue weighted by atomic mass is 9.72. The van der Waals surface area contributed by atoms with Crippen LogP contribution in [0, 0.1) is 17.8 Å². The van der Waals surface area contributed by atoms with Crippen LogP contribution in [0.15, 0.2) is 0 Å². The highest BCUT2D eigenvalue weighted by Crippen LogP contribution is 2.37. The molecule has 0 bridgehead atoms. The molecular weight excluding hydrogens is 332 g/mol. The molecule has 9 atom stereocenters. The van der Waals surface area contributed by atoms with Crippen LogP contribution in [0.1, 0.15) is 40.0 Å². The number of carbonyl (C=O) groups is 1. The van der Waals surface area contributed by atoms with Crippen LogP contribution < -0.4 is 0 Å². The van der Waals surface area contributed by atoms with Crippen molar-refractivity contribution < 1.29 is 39.8 Å². The lowest BCUT2D eigenvalue weighted by Crippen LogP contribution is -2.62. The van der Waals surface area contributed by atoms with E-state index >= 15 is 0 Å². The van der Waals surface area contributed by atoms with Gasteiger partial charge >= 0.3 is 5.97 Å². The zero-order valence-corrected chi connectivity index (χ0v) is 14.9. The van der Waals surface area contributed by atoms with Crippen molar-refractivity contribution in [1.82, 2.24) is 0 Å². The van der Waals surface area contributed by atoms with E-state index in [1.807, 2.05) is 0 Å². The average Bonchev–Trinajstić information content (AvgIpc) is 2.55. The molecule has 5 N–H and O–H groups in total. The van der Waals surface area contributed by atoms with Crippen molar-refractivity contribution in [3.63, 3.8) is 0 Å². The third-order valence-electron chi connectivity index (χ3n) is 5.45. The molecule has 0 aromatic rings. The van der Waals surface area contributed by atoms with Gasteiger partial charge in [0, 0.05) is 5.92 Å².